The number of hydrogen-bond donors (Lipinski definition) is 0. The quantitative estimate of drug-likeness (QED) is 0.379. The van der Waals surface area contributed by atoms with Crippen LogP contribution in [-0.2, 0) is 14.0 Å². The monoisotopic (exact) mass is 487 g/mol. The van der Waals surface area contributed by atoms with Crippen LogP contribution in [0.1, 0.15) is 27.7 Å². The van der Waals surface area contributed by atoms with E-state index in [9.17, 15) is 0 Å². The highest BCUT2D eigenvalue weighted by Gasteiger charge is 2.53. The minimum Gasteiger partial charge on any atom is -0.398 e. The van der Waals surface area contributed by atoms with E-state index >= 15 is 0 Å². The summed E-state index contributed by atoms with van der Waals surface area (Å²) in [5.41, 5.74) is 2.46. The van der Waals surface area contributed by atoms with E-state index in [4.69, 9.17) is 19.1 Å². The third-order valence-corrected chi connectivity index (χ3v) is 7.50. The molecule has 1 atom stereocenters. The first-order valence-corrected chi connectivity index (χ1v) is 13.0. The molecule has 6 nitrogen and oxygen atoms in total. The number of halogens is 1. The molecule has 2 aliphatic heterocycles. The van der Waals surface area contributed by atoms with Crippen molar-refractivity contribution in [3.63, 3.8) is 0 Å². The third-order valence-electron chi connectivity index (χ3n) is 5.62. The van der Waals surface area contributed by atoms with Crippen LogP contribution in [0.4, 0.5) is 5.69 Å². The predicted molar refractivity (Wildman–Crippen MR) is 116 cm³/mol. The molecule has 3 heterocycles. The fraction of sp³-hybridized carbons (Fsp3) is 0.588. The summed E-state index contributed by atoms with van der Waals surface area (Å²) < 4.78 is 20.1. The van der Waals surface area contributed by atoms with Crippen LogP contribution >= 0.6 is 28.4 Å². The minimum absolute atomic E-state index is 0.373. The van der Waals surface area contributed by atoms with Crippen molar-refractivity contribution >= 4 is 57.7 Å². The van der Waals surface area contributed by atoms with Gasteiger partial charge in [-0.25, -0.2) is 4.45 Å². The van der Waals surface area contributed by atoms with Crippen molar-refractivity contribution in [2.75, 3.05) is 31.2 Å². The average molecular weight is 487 g/mol. The first-order chi connectivity index (χ1) is 12.3. The van der Waals surface area contributed by atoms with Gasteiger partial charge in [-0.05, 0) is 67.9 Å². The zero-order valence-corrected chi connectivity index (χ0v) is 18.7. The van der Waals surface area contributed by atoms with E-state index in [0.717, 1.165) is 42.8 Å². The Hall–Kier alpha value is -0.405. The number of benzene rings is 1. The number of nitrogens with zero attached hydrogens (tertiary/aromatic N) is 3. The molecule has 2 fully saturated rings. The van der Waals surface area contributed by atoms with Gasteiger partial charge in [0.15, 0.2) is 0 Å². The molecule has 0 radical (unpaired) electrons. The predicted octanol–water partition coefficient (Wildman–Crippen LogP) is 2.96. The molecular weight excluding hydrogens is 463 g/mol. The molecule has 0 aliphatic carbocycles. The molecule has 0 bridgehead atoms. The molecule has 1 aromatic heterocycles. The highest BCUT2D eigenvalue weighted by molar-refractivity contribution is 14.2. The van der Waals surface area contributed by atoms with Gasteiger partial charge in [-0.2, -0.15) is 5.10 Å². The van der Waals surface area contributed by atoms with Crippen molar-refractivity contribution < 1.29 is 14.0 Å². The normalized spacial score (nSPS) is 22.8. The van der Waals surface area contributed by atoms with Crippen molar-refractivity contribution in [2.45, 2.75) is 38.9 Å². The van der Waals surface area contributed by atoms with Crippen LogP contribution in [0.15, 0.2) is 18.2 Å². The first-order valence-electron chi connectivity index (χ1n) is 8.90. The van der Waals surface area contributed by atoms with Crippen molar-refractivity contribution in [1.82, 2.24) is 9.55 Å². The molecule has 4 rings (SSSR count). The van der Waals surface area contributed by atoms with Gasteiger partial charge in [-0.3, -0.25) is 0 Å². The number of ether oxygens (including phenoxy) is 1. The molecule has 2 saturated heterocycles. The van der Waals surface area contributed by atoms with Crippen LogP contribution in [0.5, 0.6) is 0 Å². The van der Waals surface area contributed by atoms with E-state index in [2.05, 4.69) is 72.8 Å². The van der Waals surface area contributed by atoms with Gasteiger partial charge in [-0.15, -0.1) is 0 Å². The summed E-state index contributed by atoms with van der Waals surface area (Å²) in [6.07, 6.45) is 0.527. The Morgan fingerprint density at radius 1 is 1.12 bits per heavy atom. The maximum Gasteiger partial charge on any atom is 0.517 e. The van der Waals surface area contributed by atoms with Crippen LogP contribution in [0, 0.1) is 0 Å². The Morgan fingerprint density at radius 3 is 2.38 bits per heavy atom. The van der Waals surface area contributed by atoms with E-state index in [1.807, 2.05) is 4.45 Å². The summed E-state index contributed by atoms with van der Waals surface area (Å²) >= 11 is 2.36. The molecule has 0 N–H and O–H groups in total. The smallest absolute Gasteiger partial charge is 0.398 e. The summed E-state index contributed by atoms with van der Waals surface area (Å²) in [4.78, 5) is 2.36. The number of rotatable bonds is 3. The summed E-state index contributed by atoms with van der Waals surface area (Å²) in [6.45, 7) is 11.7. The number of anilines is 1. The summed E-state index contributed by atoms with van der Waals surface area (Å²) in [7, 11) is -0.448. The standard InChI is InChI=1S/C17H24BIN3O3P/c1-16(2)17(3,4)25-18(24-16)15-13-11-12(21-7-9-23-10-8-21)5-6-14(13)22(20-15)26-19/h5-6,11,26H,7-10H2,1-4H3. The maximum atomic E-state index is 6.27. The Morgan fingerprint density at radius 2 is 1.77 bits per heavy atom. The number of aromatic nitrogens is 2. The lowest BCUT2D eigenvalue weighted by Gasteiger charge is -2.32. The molecule has 0 amide bonds. The number of fused-ring (bicyclic) bond motifs is 1. The molecule has 0 spiro atoms. The third kappa shape index (κ3) is 3.18. The highest BCUT2D eigenvalue weighted by atomic mass is 127. The second-order valence-corrected chi connectivity index (χ2v) is 9.81. The summed E-state index contributed by atoms with van der Waals surface area (Å²) in [5, 5.41) is 5.94. The second-order valence-electron chi connectivity index (χ2n) is 7.77. The molecule has 2 aromatic rings. The lowest BCUT2D eigenvalue weighted by Crippen LogP contribution is -2.41. The molecule has 9 heteroatoms. The maximum absolute atomic E-state index is 6.27. The number of hydrogen-bond acceptors (Lipinski definition) is 5. The molecule has 140 valence electrons. The Kier molecular flexibility index (Phi) is 5.01. The van der Waals surface area contributed by atoms with Gasteiger partial charge in [0.05, 0.1) is 36.3 Å². The second kappa shape index (κ2) is 6.89. The SMILES string of the molecule is CC1(C)OB(c2nn(PI)c3ccc(N4CCOCC4)cc23)OC1(C)C. The van der Waals surface area contributed by atoms with Crippen LogP contribution in [0.25, 0.3) is 10.9 Å². The Bertz CT molecular complexity index is 807. The topological polar surface area (TPSA) is 48.8 Å². The van der Waals surface area contributed by atoms with Gasteiger partial charge in [-0.1, -0.05) is 0 Å². The summed E-state index contributed by atoms with van der Waals surface area (Å²) in [6, 6.07) is 6.56. The highest BCUT2D eigenvalue weighted by Crippen LogP contribution is 2.38. The van der Waals surface area contributed by atoms with E-state index < -0.39 is 7.12 Å². The van der Waals surface area contributed by atoms with Gasteiger partial charge in [0.2, 0.25) is 0 Å². The fourth-order valence-corrected chi connectivity index (χ4v) is 4.88. The number of morpholine rings is 1. The van der Waals surface area contributed by atoms with Gasteiger partial charge in [0.25, 0.3) is 0 Å². The molecule has 2 aliphatic rings. The van der Waals surface area contributed by atoms with Crippen molar-refractivity contribution in [3.05, 3.63) is 18.2 Å². The zero-order chi connectivity index (χ0) is 18.5. The van der Waals surface area contributed by atoms with Gasteiger partial charge >= 0.3 is 7.12 Å². The van der Waals surface area contributed by atoms with Crippen LogP contribution in [0.2, 0.25) is 0 Å². The van der Waals surface area contributed by atoms with Crippen LogP contribution in [-0.4, -0.2) is 54.2 Å². The minimum atomic E-state index is -0.448. The zero-order valence-electron chi connectivity index (χ0n) is 15.6. The van der Waals surface area contributed by atoms with E-state index in [-0.39, 0.29) is 11.2 Å². The first kappa shape index (κ1) is 18.9. The van der Waals surface area contributed by atoms with Crippen LogP contribution in [0.3, 0.4) is 0 Å². The molecule has 0 saturated carbocycles. The molecule has 26 heavy (non-hydrogen) atoms. The lowest BCUT2D eigenvalue weighted by molar-refractivity contribution is 0.00578. The van der Waals surface area contributed by atoms with E-state index in [1.165, 1.54) is 5.69 Å². The van der Waals surface area contributed by atoms with Crippen molar-refractivity contribution in [3.8, 4) is 0 Å². The fourth-order valence-electron chi connectivity index (χ4n) is 3.34. The Labute approximate surface area is 169 Å². The largest absolute Gasteiger partial charge is 0.517 e. The van der Waals surface area contributed by atoms with E-state index in [1.54, 1.807) is 0 Å². The molecule has 1 aromatic carbocycles. The average Bonchev–Trinajstić information content (AvgIpc) is 3.09. The van der Waals surface area contributed by atoms with Gasteiger partial charge in [0, 0.05) is 24.2 Å². The van der Waals surface area contributed by atoms with Gasteiger partial charge < -0.3 is 18.9 Å². The van der Waals surface area contributed by atoms with Gasteiger partial charge in [0.1, 0.15) is 5.59 Å². The van der Waals surface area contributed by atoms with Crippen LogP contribution < -0.4 is 10.5 Å². The van der Waals surface area contributed by atoms with Crippen molar-refractivity contribution in [2.24, 2.45) is 0 Å². The Balaban J connectivity index is 1.76. The molecule has 1 unspecified atom stereocenters. The van der Waals surface area contributed by atoms with Crippen molar-refractivity contribution in [1.29, 1.82) is 0 Å². The van der Waals surface area contributed by atoms with E-state index in [0.29, 0.717) is 6.37 Å². The summed E-state index contributed by atoms with van der Waals surface area (Å²) in [5.74, 6) is 0. The molecular formula is C17H24BIN3O3P. The lowest BCUT2D eigenvalue weighted by atomic mass is 9.82.